The molecule has 1 atom stereocenters. The van der Waals surface area contributed by atoms with Crippen molar-refractivity contribution in [2.75, 3.05) is 13.1 Å². The van der Waals surface area contributed by atoms with Gasteiger partial charge in [0.15, 0.2) is 0 Å². The van der Waals surface area contributed by atoms with E-state index in [9.17, 15) is 27.6 Å². The first-order valence-electron chi connectivity index (χ1n) is 11.9. The van der Waals surface area contributed by atoms with E-state index in [1.807, 2.05) is 6.07 Å². The maximum atomic E-state index is 13.3. The van der Waals surface area contributed by atoms with Crippen LogP contribution in [0.2, 0.25) is 0 Å². The zero-order valence-electron chi connectivity index (χ0n) is 20.2. The van der Waals surface area contributed by atoms with Gasteiger partial charge in [-0.15, -0.1) is 0 Å². The fourth-order valence-corrected chi connectivity index (χ4v) is 5.08. The Labute approximate surface area is 209 Å². The number of ether oxygens (including phenoxy) is 1. The maximum absolute atomic E-state index is 13.3. The van der Waals surface area contributed by atoms with Gasteiger partial charge < -0.3 is 14.1 Å². The number of imide groups is 1. The summed E-state index contributed by atoms with van der Waals surface area (Å²) in [5.41, 5.74) is -0.246. The number of rotatable bonds is 4. The number of nitrogens with one attached hydrogen (secondary N) is 1. The van der Waals surface area contributed by atoms with E-state index >= 15 is 0 Å². The number of benzene rings is 1. The highest BCUT2D eigenvalue weighted by molar-refractivity contribution is 6.03. The first kappa shape index (κ1) is 24.8. The minimum Gasteiger partial charge on any atom is -0.488 e. The molecular weight excluding hydrogens is 493 g/mol. The third kappa shape index (κ3) is 4.56. The van der Waals surface area contributed by atoms with Gasteiger partial charge in [-0.05, 0) is 19.4 Å². The van der Waals surface area contributed by atoms with Crippen LogP contribution in [0.25, 0.3) is 10.9 Å². The predicted octanol–water partition coefficient (Wildman–Crippen LogP) is 3.70. The summed E-state index contributed by atoms with van der Waals surface area (Å²) in [6.45, 7) is 1.80. The average molecular weight is 518 g/mol. The molecule has 9 nitrogen and oxygen atoms in total. The molecule has 2 aromatic heterocycles. The number of nitrogens with zero attached hydrogens (tertiary/aromatic N) is 3. The molecule has 0 bridgehead atoms. The second-order valence-corrected chi connectivity index (χ2v) is 9.35. The van der Waals surface area contributed by atoms with Gasteiger partial charge in [-0.2, -0.15) is 18.3 Å². The highest BCUT2D eigenvalue weighted by Crippen LogP contribution is 2.37. The van der Waals surface area contributed by atoms with Crippen molar-refractivity contribution in [3.05, 3.63) is 47.0 Å². The lowest BCUT2D eigenvalue weighted by Gasteiger charge is -2.32. The number of para-hydroxylation sites is 1. The van der Waals surface area contributed by atoms with Crippen LogP contribution in [-0.2, 0) is 22.8 Å². The molecule has 0 saturated carbocycles. The van der Waals surface area contributed by atoms with Crippen molar-refractivity contribution < 1.29 is 36.7 Å². The Morgan fingerprint density at radius 1 is 1.19 bits per heavy atom. The number of carbonyl (C=O) groups is 3. The molecule has 37 heavy (non-hydrogen) atoms. The molecule has 2 fully saturated rings. The zero-order chi connectivity index (χ0) is 26.5. The van der Waals surface area contributed by atoms with E-state index in [-0.39, 0.29) is 43.2 Å². The standard InChI is InChI=1S/C25H25F3N4O5/c1-13-20(17(12-36-13)25(26,27)28)24(35)32-10-8-14(9-11-32)37-18-5-3-4-15-21(30-31(2)22(15)18)16-6-7-19(33)29-23(16)34/h3-5,12,14,16H,6-11H2,1-2H3,(H,29,33,34). The minimum atomic E-state index is -4.68. The Bertz CT molecular complexity index is 1380. The summed E-state index contributed by atoms with van der Waals surface area (Å²) in [5.74, 6) is -1.43. The van der Waals surface area contributed by atoms with Crippen molar-refractivity contribution in [1.29, 1.82) is 0 Å². The number of likely N-dealkylation sites (tertiary alicyclic amines) is 1. The van der Waals surface area contributed by atoms with Gasteiger partial charge >= 0.3 is 6.18 Å². The molecule has 1 aromatic carbocycles. The molecule has 2 saturated heterocycles. The van der Waals surface area contributed by atoms with Crippen LogP contribution in [0.5, 0.6) is 5.75 Å². The number of amides is 3. The van der Waals surface area contributed by atoms with E-state index in [0.717, 1.165) is 5.39 Å². The number of piperidine rings is 2. The first-order chi connectivity index (χ1) is 17.5. The van der Waals surface area contributed by atoms with E-state index in [1.165, 1.54) is 11.8 Å². The topological polar surface area (TPSA) is 107 Å². The number of alkyl halides is 3. The van der Waals surface area contributed by atoms with Gasteiger partial charge in [-0.25, -0.2) is 0 Å². The SMILES string of the molecule is Cc1occ(C(F)(F)F)c1C(=O)N1CCC(Oc2cccc3c(C4CCC(=O)NC4=O)nn(C)c23)CC1. The molecule has 0 spiro atoms. The molecular formula is C25H25F3N4O5. The minimum absolute atomic E-state index is 0.0644. The fraction of sp³-hybridized carbons (Fsp3) is 0.440. The van der Waals surface area contributed by atoms with Crippen molar-refractivity contribution in [2.24, 2.45) is 7.05 Å². The lowest BCUT2D eigenvalue weighted by atomic mass is 9.93. The molecule has 2 aliphatic rings. The molecule has 2 aliphatic heterocycles. The summed E-state index contributed by atoms with van der Waals surface area (Å²) in [7, 11) is 1.75. The van der Waals surface area contributed by atoms with Gasteiger partial charge in [0.2, 0.25) is 11.8 Å². The Balaban J connectivity index is 1.31. The van der Waals surface area contributed by atoms with E-state index in [1.54, 1.807) is 23.9 Å². The van der Waals surface area contributed by atoms with Crippen LogP contribution >= 0.6 is 0 Å². The second-order valence-electron chi connectivity index (χ2n) is 9.35. The number of furan rings is 1. The van der Waals surface area contributed by atoms with Crippen molar-refractivity contribution in [3.63, 3.8) is 0 Å². The van der Waals surface area contributed by atoms with Crippen LogP contribution in [0, 0.1) is 6.92 Å². The molecule has 0 aliphatic carbocycles. The molecule has 0 radical (unpaired) electrons. The number of aryl methyl sites for hydroxylation is 2. The average Bonchev–Trinajstić information content (AvgIpc) is 3.40. The normalized spacial score (nSPS) is 19.4. The van der Waals surface area contributed by atoms with Gasteiger partial charge in [0.25, 0.3) is 5.91 Å². The molecule has 5 rings (SSSR count). The van der Waals surface area contributed by atoms with Gasteiger partial charge in [0.1, 0.15) is 35.0 Å². The quantitative estimate of drug-likeness (QED) is 0.528. The Hall–Kier alpha value is -3.83. The summed E-state index contributed by atoms with van der Waals surface area (Å²) in [5, 5.41) is 7.66. The lowest BCUT2D eigenvalue weighted by Crippen LogP contribution is -2.42. The lowest BCUT2D eigenvalue weighted by molar-refractivity contribution is -0.138. The maximum Gasteiger partial charge on any atom is 0.420 e. The van der Waals surface area contributed by atoms with Gasteiger partial charge in [0.05, 0.1) is 17.2 Å². The zero-order valence-corrected chi connectivity index (χ0v) is 20.2. The van der Waals surface area contributed by atoms with Crippen LogP contribution in [0.4, 0.5) is 13.2 Å². The molecule has 4 heterocycles. The largest absolute Gasteiger partial charge is 0.488 e. The van der Waals surface area contributed by atoms with Crippen LogP contribution in [0.3, 0.4) is 0 Å². The highest BCUT2D eigenvalue weighted by atomic mass is 19.4. The Morgan fingerprint density at radius 3 is 2.59 bits per heavy atom. The van der Waals surface area contributed by atoms with Gasteiger partial charge in [-0.3, -0.25) is 24.4 Å². The molecule has 1 N–H and O–H groups in total. The van der Waals surface area contributed by atoms with Crippen LogP contribution in [0.15, 0.2) is 28.9 Å². The van der Waals surface area contributed by atoms with Crippen LogP contribution in [0.1, 0.15) is 59.0 Å². The monoisotopic (exact) mass is 518 g/mol. The smallest absolute Gasteiger partial charge is 0.420 e. The van der Waals surface area contributed by atoms with Crippen molar-refractivity contribution in [1.82, 2.24) is 20.0 Å². The summed E-state index contributed by atoms with van der Waals surface area (Å²) in [6.07, 6.45) is -2.90. The van der Waals surface area contributed by atoms with E-state index < -0.39 is 29.1 Å². The van der Waals surface area contributed by atoms with Crippen molar-refractivity contribution in [2.45, 2.75) is 50.8 Å². The number of fused-ring (bicyclic) bond motifs is 1. The van der Waals surface area contributed by atoms with E-state index in [0.29, 0.717) is 42.5 Å². The molecule has 3 amide bonds. The summed E-state index contributed by atoms with van der Waals surface area (Å²) in [4.78, 5) is 38.2. The first-order valence-corrected chi connectivity index (χ1v) is 11.9. The molecule has 3 aromatic rings. The summed E-state index contributed by atoms with van der Waals surface area (Å²) >= 11 is 0. The van der Waals surface area contributed by atoms with Crippen molar-refractivity contribution >= 4 is 28.6 Å². The number of aromatic nitrogens is 2. The van der Waals surface area contributed by atoms with Crippen LogP contribution in [-0.4, -0.2) is 51.6 Å². The predicted molar refractivity (Wildman–Crippen MR) is 124 cm³/mol. The van der Waals surface area contributed by atoms with Crippen LogP contribution < -0.4 is 10.1 Å². The van der Waals surface area contributed by atoms with E-state index in [2.05, 4.69) is 10.4 Å². The Morgan fingerprint density at radius 2 is 1.92 bits per heavy atom. The molecule has 196 valence electrons. The number of halogens is 3. The third-order valence-electron chi connectivity index (χ3n) is 6.94. The number of hydrogen-bond acceptors (Lipinski definition) is 6. The summed E-state index contributed by atoms with van der Waals surface area (Å²) < 4.78 is 52.8. The number of carbonyl (C=O) groups excluding carboxylic acids is 3. The fourth-order valence-electron chi connectivity index (χ4n) is 5.08. The van der Waals surface area contributed by atoms with E-state index in [4.69, 9.17) is 9.15 Å². The second kappa shape index (κ2) is 9.24. The van der Waals surface area contributed by atoms with Crippen molar-refractivity contribution in [3.8, 4) is 5.75 Å². The summed E-state index contributed by atoms with van der Waals surface area (Å²) in [6, 6.07) is 5.44. The Kier molecular flexibility index (Phi) is 6.20. The number of hydrogen-bond donors (Lipinski definition) is 1. The third-order valence-corrected chi connectivity index (χ3v) is 6.94. The molecule has 1 unspecified atom stereocenters. The molecule has 12 heteroatoms. The van der Waals surface area contributed by atoms with Gasteiger partial charge in [0, 0.05) is 44.8 Å². The highest BCUT2D eigenvalue weighted by Gasteiger charge is 2.40. The van der Waals surface area contributed by atoms with Gasteiger partial charge in [-0.1, -0.05) is 12.1 Å².